The van der Waals surface area contributed by atoms with Crippen LogP contribution in [0.3, 0.4) is 0 Å². The van der Waals surface area contributed by atoms with Crippen LogP contribution in [-0.4, -0.2) is 5.71 Å². The second-order valence-corrected chi connectivity index (χ2v) is 2.72. The van der Waals surface area contributed by atoms with E-state index >= 15 is 0 Å². The zero-order valence-corrected chi connectivity index (χ0v) is 7.75. The first-order valence-corrected chi connectivity index (χ1v) is 4.48. The molecule has 0 bridgehead atoms. The highest BCUT2D eigenvalue weighted by atomic mass is 14.7. The van der Waals surface area contributed by atoms with Gasteiger partial charge in [0.1, 0.15) is 0 Å². The van der Waals surface area contributed by atoms with Crippen molar-refractivity contribution in [2.75, 3.05) is 0 Å². The Bertz CT molecular complexity index is 243. The molecule has 0 saturated carbocycles. The maximum Gasteiger partial charge on any atom is 0.0629 e. The van der Waals surface area contributed by atoms with E-state index in [0.29, 0.717) is 0 Å². The van der Waals surface area contributed by atoms with Crippen LogP contribution in [0.25, 0.3) is 0 Å². The predicted octanol–water partition coefficient (Wildman–Crippen LogP) is 3.58. The van der Waals surface area contributed by atoms with Crippen LogP contribution in [0.15, 0.2) is 35.3 Å². The lowest BCUT2D eigenvalue weighted by atomic mass is 10.2. The van der Waals surface area contributed by atoms with Gasteiger partial charge < -0.3 is 0 Å². The van der Waals surface area contributed by atoms with E-state index in [1.165, 1.54) is 5.71 Å². The van der Waals surface area contributed by atoms with Crippen molar-refractivity contribution >= 4 is 11.4 Å². The minimum absolute atomic E-state index is 1.05. The summed E-state index contributed by atoms with van der Waals surface area (Å²) in [5.74, 6) is 0. The maximum absolute atomic E-state index is 4.51. The molecule has 0 amide bonds. The van der Waals surface area contributed by atoms with Gasteiger partial charge in [-0.3, -0.25) is 4.99 Å². The van der Waals surface area contributed by atoms with Gasteiger partial charge in [0, 0.05) is 5.71 Å². The number of aliphatic imine (C=N–C) groups is 1. The lowest BCUT2D eigenvalue weighted by Crippen LogP contribution is -1.91. The molecule has 12 heavy (non-hydrogen) atoms. The molecule has 1 rings (SSSR count). The molecule has 1 aromatic carbocycles. The van der Waals surface area contributed by atoms with E-state index in [4.69, 9.17) is 0 Å². The summed E-state index contributed by atoms with van der Waals surface area (Å²) in [7, 11) is 0. The highest BCUT2D eigenvalue weighted by Gasteiger charge is 1.91. The van der Waals surface area contributed by atoms with E-state index < -0.39 is 0 Å². The molecule has 0 atom stereocenters. The predicted molar refractivity (Wildman–Crippen MR) is 54.1 cm³/mol. The van der Waals surface area contributed by atoms with Crippen LogP contribution < -0.4 is 0 Å². The number of hydrogen-bond donors (Lipinski definition) is 0. The molecular weight excluding hydrogens is 146 g/mol. The molecular formula is C11H15N. The van der Waals surface area contributed by atoms with Gasteiger partial charge in [-0.15, -0.1) is 0 Å². The SMILES string of the molecule is CCC(CC)=Nc1ccccc1. The van der Waals surface area contributed by atoms with Gasteiger partial charge in [-0.1, -0.05) is 32.0 Å². The minimum Gasteiger partial charge on any atom is -0.258 e. The lowest BCUT2D eigenvalue weighted by Gasteiger charge is -1.98. The smallest absolute Gasteiger partial charge is 0.0629 e. The lowest BCUT2D eigenvalue weighted by molar-refractivity contribution is 1.15. The molecule has 0 aromatic heterocycles. The van der Waals surface area contributed by atoms with E-state index in [9.17, 15) is 0 Å². The van der Waals surface area contributed by atoms with Crippen molar-refractivity contribution in [3.8, 4) is 0 Å². The molecule has 0 unspecified atom stereocenters. The molecule has 0 heterocycles. The van der Waals surface area contributed by atoms with Crippen molar-refractivity contribution in [2.24, 2.45) is 4.99 Å². The van der Waals surface area contributed by atoms with Gasteiger partial charge >= 0.3 is 0 Å². The highest BCUT2D eigenvalue weighted by Crippen LogP contribution is 2.11. The Labute approximate surface area is 74.2 Å². The molecule has 0 aliphatic rings. The Morgan fingerprint density at radius 1 is 1.08 bits per heavy atom. The summed E-state index contributed by atoms with van der Waals surface area (Å²) < 4.78 is 0. The van der Waals surface area contributed by atoms with Crippen LogP contribution >= 0.6 is 0 Å². The number of hydrogen-bond acceptors (Lipinski definition) is 1. The van der Waals surface area contributed by atoms with Crippen LogP contribution in [0, 0.1) is 0 Å². The van der Waals surface area contributed by atoms with Gasteiger partial charge in [-0.2, -0.15) is 0 Å². The van der Waals surface area contributed by atoms with Crippen LogP contribution in [0.4, 0.5) is 5.69 Å². The number of benzene rings is 1. The fraction of sp³-hybridized carbons (Fsp3) is 0.364. The fourth-order valence-corrected chi connectivity index (χ4v) is 1.09. The average molecular weight is 161 g/mol. The zero-order chi connectivity index (χ0) is 8.81. The third-order valence-corrected chi connectivity index (χ3v) is 1.86. The third kappa shape index (κ3) is 2.50. The van der Waals surface area contributed by atoms with E-state index in [1.807, 2.05) is 30.3 Å². The van der Waals surface area contributed by atoms with Crippen molar-refractivity contribution in [1.82, 2.24) is 0 Å². The van der Waals surface area contributed by atoms with Gasteiger partial charge in [0.2, 0.25) is 0 Å². The first-order chi connectivity index (χ1) is 5.86. The van der Waals surface area contributed by atoms with Gasteiger partial charge in [-0.25, -0.2) is 0 Å². The summed E-state index contributed by atoms with van der Waals surface area (Å²) in [4.78, 5) is 4.51. The standard InChI is InChI=1S/C11H15N/c1-3-10(4-2)12-11-8-6-5-7-9-11/h5-9H,3-4H2,1-2H3. The summed E-state index contributed by atoms with van der Waals surface area (Å²) in [5.41, 5.74) is 2.33. The van der Waals surface area contributed by atoms with Gasteiger partial charge in [0.15, 0.2) is 0 Å². The van der Waals surface area contributed by atoms with E-state index in [2.05, 4.69) is 18.8 Å². The Hall–Kier alpha value is -1.11. The summed E-state index contributed by atoms with van der Waals surface area (Å²) in [6.45, 7) is 4.29. The molecule has 1 heteroatoms. The quantitative estimate of drug-likeness (QED) is 0.601. The van der Waals surface area contributed by atoms with Crippen LogP contribution in [0.2, 0.25) is 0 Å². The molecule has 1 aromatic rings. The Balaban J connectivity index is 2.79. The van der Waals surface area contributed by atoms with Crippen molar-refractivity contribution in [2.45, 2.75) is 26.7 Å². The van der Waals surface area contributed by atoms with Gasteiger partial charge in [0.25, 0.3) is 0 Å². The number of para-hydroxylation sites is 1. The summed E-state index contributed by atoms with van der Waals surface area (Å²) in [5, 5.41) is 0. The molecule has 0 aliphatic heterocycles. The number of nitrogens with zero attached hydrogens (tertiary/aromatic N) is 1. The summed E-state index contributed by atoms with van der Waals surface area (Å²) in [6, 6.07) is 10.1. The second-order valence-electron chi connectivity index (χ2n) is 2.72. The minimum atomic E-state index is 1.05. The Morgan fingerprint density at radius 2 is 1.67 bits per heavy atom. The van der Waals surface area contributed by atoms with E-state index in [-0.39, 0.29) is 0 Å². The van der Waals surface area contributed by atoms with Crippen molar-refractivity contribution in [1.29, 1.82) is 0 Å². The largest absolute Gasteiger partial charge is 0.258 e. The molecule has 0 spiro atoms. The molecule has 64 valence electrons. The summed E-state index contributed by atoms with van der Waals surface area (Å²) in [6.07, 6.45) is 2.09. The van der Waals surface area contributed by atoms with Gasteiger partial charge in [-0.05, 0) is 25.0 Å². The fourth-order valence-electron chi connectivity index (χ4n) is 1.09. The second kappa shape index (κ2) is 4.70. The highest BCUT2D eigenvalue weighted by molar-refractivity contribution is 5.86. The van der Waals surface area contributed by atoms with E-state index in [1.54, 1.807) is 0 Å². The monoisotopic (exact) mass is 161 g/mol. The molecule has 0 fully saturated rings. The van der Waals surface area contributed by atoms with Crippen molar-refractivity contribution in [3.05, 3.63) is 30.3 Å². The molecule has 0 N–H and O–H groups in total. The summed E-state index contributed by atoms with van der Waals surface area (Å²) >= 11 is 0. The normalized spacial score (nSPS) is 9.50. The Kier molecular flexibility index (Phi) is 3.52. The molecule has 0 saturated heterocycles. The third-order valence-electron chi connectivity index (χ3n) is 1.86. The zero-order valence-electron chi connectivity index (χ0n) is 7.75. The number of rotatable bonds is 3. The maximum atomic E-state index is 4.51. The van der Waals surface area contributed by atoms with Gasteiger partial charge in [0.05, 0.1) is 5.69 Å². The average Bonchev–Trinajstić information content (AvgIpc) is 2.16. The molecule has 0 radical (unpaired) electrons. The van der Waals surface area contributed by atoms with Crippen molar-refractivity contribution in [3.63, 3.8) is 0 Å². The first-order valence-electron chi connectivity index (χ1n) is 4.48. The van der Waals surface area contributed by atoms with Crippen LogP contribution in [0.5, 0.6) is 0 Å². The molecule has 1 nitrogen and oxygen atoms in total. The van der Waals surface area contributed by atoms with Crippen LogP contribution in [0.1, 0.15) is 26.7 Å². The first kappa shape index (κ1) is 8.98. The topological polar surface area (TPSA) is 12.4 Å². The Morgan fingerprint density at radius 3 is 2.17 bits per heavy atom. The van der Waals surface area contributed by atoms with E-state index in [0.717, 1.165) is 18.5 Å². The molecule has 0 aliphatic carbocycles. The van der Waals surface area contributed by atoms with Crippen molar-refractivity contribution < 1.29 is 0 Å². The van der Waals surface area contributed by atoms with Crippen LogP contribution in [-0.2, 0) is 0 Å².